The minimum atomic E-state index is -3.28. The SMILES string of the molecule is CC(/C=C/C(C)=C/C1Cc2nc(cs2)CCC(CS(C)(=O)=O)CC(=O)OC(C)C/C(C)=C/C=C\C(=O)O1)=C\CN(C)C.[CH3-]. The first kappa shape index (κ1) is 38.2. The van der Waals surface area contributed by atoms with Crippen LogP contribution in [0.15, 0.2) is 64.6 Å². The summed E-state index contributed by atoms with van der Waals surface area (Å²) >= 11 is 1.47. The van der Waals surface area contributed by atoms with Crippen LogP contribution < -0.4 is 0 Å². The van der Waals surface area contributed by atoms with Crippen molar-refractivity contribution in [1.82, 2.24) is 9.88 Å². The summed E-state index contributed by atoms with van der Waals surface area (Å²) in [7, 11) is 0.764. The Kier molecular flexibility index (Phi) is 16.7. The number of nitrogens with zero attached hydrogens (tertiary/aromatic N) is 2. The number of allylic oxidation sites excluding steroid dienone is 6. The fraction of sp³-hybridized carbons (Fsp3) is 0.515. The maximum atomic E-state index is 12.7. The first-order valence-electron chi connectivity index (χ1n) is 14.2. The molecule has 0 saturated heterocycles. The molecule has 0 radical (unpaired) electrons. The van der Waals surface area contributed by atoms with Crippen molar-refractivity contribution in [1.29, 1.82) is 0 Å². The first-order chi connectivity index (χ1) is 19.7. The summed E-state index contributed by atoms with van der Waals surface area (Å²) in [5, 5.41) is 2.75. The summed E-state index contributed by atoms with van der Waals surface area (Å²) in [6, 6.07) is 0. The standard InChI is InChI=1S/C32H46N2O6S2.CH3/c1-23(15-16-34(5)6)11-12-25(3)18-29-20-30-33-28(21-41-30)14-13-27(22-42(7,37)38)19-32(36)39-26(4)17-24(2)9-8-10-31(35)40-29;/h8-12,15,18,21,26-27,29H,13-14,16-17,19-20,22H2,1-7H3;1H3/q;-1/b10-8-,12-11+,23-15+,24-9+,25-18+;. The predicted molar refractivity (Wildman–Crippen MR) is 177 cm³/mol. The number of thiazole rings is 1. The summed E-state index contributed by atoms with van der Waals surface area (Å²) in [6.07, 6.45) is 15.2. The van der Waals surface area contributed by atoms with Gasteiger partial charge >= 0.3 is 11.9 Å². The van der Waals surface area contributed by atoms with E-state index in [-0.39, 0.29) is 31.6 Å². The highest BCUT2D eigenvalue weighted by molar-refractivity contribution is 7.90. The third-order valence-corrected chi connectivity index (χ3v) is 8.43. The molecule has 10 heteroatoms. The van der Waals surface area contributed by atoms with E-state index in [1.807, 2.05) is 58.5 Å². The summed E-state index contributed by atoms with van der Waals surface area (Å²) in [5.41, 5.74) is 3.84. The summed E-state index contributed by atoms with van der Waals surface area (Å²) < 4.78 is 35.5. The van der Waals surface area contributed by atoms with Gasteiger partial charge < -0.3 is 21.8 Å². The Hall–Kier alpha value is -2.82. The summed E-state index contributed by atoms with van der Waals surface area (Å²) in [5.74, 6) is -1.33. The Morgan fingerprint density at radius 3 is 2.49 bits per heavy atom. The van der Waals surface area contributed by atoms with E-state index in [1.165, 1.54) is 23.7 Å². The average Bonchev–Trinajstić information content (AvgIpc) is 3.30. The number of rotatable bonds is 7. The lowest BCUT2D eigenvalue weighted by atomic mass is 10.0. The zero-order chi connectivity index (χ0) is 31.3. The van der Waals surface area contributed by atoms with Gasteiger partial charge in [0.05, 0.1) is 16.5 Å². The molecule has 0 aromatic carbocycles. The van der Waals surface area contributed by atoms with Crippen molar-refractivity contribution < 1.29 is 27.5 Å². The Labute approximate surface area is 263 Å². The zero-order valence-corrected chi connectivity index (χ0v) is 28.6. The van der Waals surface area contributed by atoms with Crippen molar-refractivity contribution in [2.45, 2.75) is 72.0 Å². The number of carbonyl (C=O) groups is 2. The van der Waals surface area contributed by atoms with Crippen LogP contribution >= 0.6 is 11.3 Å². The van der Waals surface area contributed by atoms with Gasteiger partial charge in [0.1, 0.15) is 22.0 Å². The van der Waals surface area contributed by atoms with Crippen LogP contribution in [-0.4, -0.2) is 75.1 Å². The van der Waals surface area contributed by atoms with Crippen LogP contribution in [0.2, 0.25) is 0 Å². The second kappa shape index (κ2) is 18.8. The Morgan fingerprint density at radius 1 is 1.12 bits per heavy atom. The predicted octanol–water partition coefficient (Wildman–Crippen LogP) is 5.88. The average molecular weight is 634 g/mol. The van der Waals surface area contributed by atoms with Crippen molar-refractivity contribution >= 4 is 33.1 Å². The van der Waals surface area contributed by atoms with Gasteiger partial charge in [-0.15, -0.1) is 11.3 Å². The lowest BCUT2D eigenvalue weighted by molar-refractivity contribution is -0.149. The van der Waals surface area contributed by atoms with Crippen LogP contribution in [0.4, 0.5) is 0 Å². The molecule has 0 saturated carbocycles. The van der Waals surface area contributed by atoms with Crippen LogP contribution in [-0.2, 0) is 41.7 Å². The molecule has 2 heterocycles. The molecule has 1 aromatic heterocycles. The normalized spacial score (nSPS) is 24.2. The highest BCUT2D eigenvalue weighted by atomic mass is 32.2. The fourth-order valence-corrected chi connectivity index (χ4v) is 6.46. The molecular weight excluding hydrogens is 585 g/mol. The van der Waals surface area contributed by atoms with Crippen LogP contribution in [0.5, 0.6) is 0 Å². The summed E-state index contributed by atoms with van der Waals surface area (Å²) in [4.78, 5) is 32.2. The molecule has 0 aliphatic carbocycles. The number of ether oxygens (including phenoxy) is 2. The van der Waals surface area contributed by atoms with Gasteiger partial charge in [0.2, 0.25) is 0 Å². The van der Waals surface area contributed by atoms with E-state index in [1.54, 1.807) is 19.1 Å². The highest BCUT2D eigenvalue weighted by Crippen LogP contribution is 2.21. The molecule has 8 nitrogen and oxygen atoms in total. The number of hydrogen-bond donors (Lipinski definition) is 0. The van der Waals surface area contributed by atoms with Crippen LogP contribution in [0.1, 0.15) is 57.7 Å². The van der Waals surface area contributed by atoms with Crippen LogP contribution in [0, 0.1) is 13.3 Å². The van der Waals surface area contributed by atoms with Gasteiger partial charge in [0.15, 0.2) is 0 Å². The van der Waals surface area contributed by atoms with E-state index in [0.717, 1.165) is 34.0 Å². The maximum Gasteiger partial charge on any atom is 0.331 e. The Morgan fingerprint density at radius 2 is 1.81 bits per heavy atom. The zero-order valence-electron chi connectivity index (χ0n) is 27.0. The third kappa shape index (κ3) is 17.2. The second-order valence-electron chi connectivity index (χ2n) is 11.4. The molecule has 2 bridgehead atoms. The number of cyclic esters (lactones) is 2. The molecular formula is C33H49N2O6S2-. The van der Waals surface area contributed by atoms with Gasteiger partial charge in [-0.25, -0.2) is 18.2 Å². The minimum absolute atomic E-state index is 0. The van der Waals surface area contributed by atoms with E-state index in [4.69, 9.17) is 14.5 Å². The molecule has 0 spiro atoms. The number of likely N-dealkylation sites (N-methyl/N-ethyl adjacent to an activating group) is 1. The number of carbonyl (C=O) groups excluding carboxylic acids is 2. The number of aryl methyl sites for hydroxylation is 1. The molecule has 3 unspecified atom stereocenters. The molecule has 3 atom stereocenters. The van der Waals surface area contributed by atoms with Gasteiger partial charge in [-0.05, 0) is 66.6 Å². The van der Waals surface area contributed by atoms with Gasteiger partial charge in [-0.1, -0.05) is 47.1 Å². The number of fused-ring (bicyclic) bond motifs is 2. The Balaban J connectivity index is 0.00000924. The van der Waals surface area contributed by atoms with Crippen molar-refractivity contribution in [2.75, 3.05) is 32.6 Å². The smallest absolute Gasteiger partial charge is 0.331 e. The largest absolute Gasteiger partial charge is 0.462 e. The lowest BCUT2D eigenvalue weighted by Gasteiger charge is -2.18. The van der Waals surface area contributed by atoms with Gasteiger partial charge in [-0.3, -0.25) is 4.79 Å². The maximum absolute atomic E-state index is 12.7. The molecule has 0 N–H and O–H groups in total. The van der Waals surface area contributed by atoms with Gasteiger partial charge in [0, 0.05) is 43.5 Å². The highest BCUT2D eigenvalue weighted by Gasteiger charge is 2.22. The van der Waals surface area contributed by atoms with Gasteiger partial charge in [-0.2, -0.15) is 0 Å². The minimum Gasteiger partial charge on any atom is -0.462 e. The second-order valence-corrected chi connectivity index (χ2v) is 14.6. The van der Waals surface area contributed by atoms with Crippen molar-refractivity contribution in [2.24, 2.45) is 5.92 Å². The van der Waals surface area contributed by atoms with Crippen molar-refractivity contribution in [3.63, 3.8) is 0 Å². The monoisotopic (exact) mass is 633 g/mol. The number of esters is 2. The molecule has 2 rings (SSSR count). The number of hydrogen-bond acceptors (Lipinski definition) is 9. The van der Waals surface area contributed by atoms with E-state index in [0.29, 0.717) is 25.7 Å². The molecule has 1 aliphatic heterocycles. The molecule has 1 aliphatic rings. The molecule has 43 heavy (non-hydrogen) atoms. The molecule has 1 aromatic rings. The van der Waals surface area contributed by atoms with Crippen LogP contribution in [0.25, 0.3) is 0 Å². The number of aromatic nitrogens is 1. The Bertz CT molecular complexity index is 1320. The quantitative estimate of drug-likeness (QED) is 0.208. The fourth-order valence-electron chi connectivity index (χ4n) is 4.45. The first-order valence-corrected chi connectivity index (χ1v) is 17.2. The molecule has 240 valence electrons. The lowest BCUT2D eigenvalue weighted by Crippen LogP contribution is -2.23. The van der Waals surface area contributed by atoms with Crippen LogP contribution in [0.3, 0.4) is 0 Å². The van der Waals surface area contributed by atoms with E-state index in [9.17, 15) is 18.0 Å². The van der Waals surface area contributed by atoms with Gasteiger partial charge in [0.25, 0.3) is 0 Å². The van der Waals surface area contributed by atoms with E-state index < -0.39 is 27.9 Å². The van der Waals surface area contributed by atoms with E-state index in [2.05, 4.69) is 11.0 Å². The summed E-state index contributed by atoms with van der Waals surface area (Å²) in [6.45, 7) is 8.56. The topological polar surface area (TPSA) is 103 Å². The molecule has 0 fully saturated rings. The van der Waals surface area contributed by atoms with Crippen molar-refractivity contribution in [3.05, 3.63) is 82.8 Å². The van der Waals surface area contributed by atoms with E-state index >= 15 is 0 Å². The van der Waals surface area contributed by atoms with Crippen molar-refractivity contribution in [3.8, 4) is 0 Å². The molecule has 0 amide bonds. The third-order valence-electron chi connectivity index (χ3n) is 6.44. The number of sulfone groups is 1.